The van der Waals surface area contributed by atoms with Gasteiger partial charge in [0, 0.05) is 56.4 Å². The molecule has 80 heavy (non-hydrogen) atoms. The van der Waals surface area contributed by atoms with E-state index < -0.39 is 0 Å². The number of benzene rings is 13. The molecule has 375 valence electrons. The van der Waals surface area contributed by atoms with Gasteiger partial charge in [0.25, 0.3) is 0 Å². The van der Waals surface area contributed by atoms with Crippen molar-refractivity contribution in [3.8, 4) is 66.8 Å². The second-order valence-electron chi connectivity index (χ2n) is 20.4. The minimum absolute atomic E-state index is 0.980. The van der Waals surface area contributed by atoms with Crippen molar-refractivity contribution in [1.82, 2.24) is 0 Å². The van der Waals surface area contributed by atoms with Gasteiger partial charge in [0.2, 0.25) is 0 Å². The molecule has 1 aliphatic heterocycles. The first-order chi connectivity index (χ1) is 39.6. The number of anilines is 8. The van der Waals surface area contributed by atoms with Gasteiger partial charge in [-0.1, -0.05) is 248 Å². The molecule has 14 rings (SSSR count). The Labute approximate surface area is 469 Å². The number of fused-ring (bicyclic) bond motifs is 4. The summed E-state index contributed by atoms with van der Waals surface area (Å²) in [4.78, 5) is 4.89. The Hall–Kier alpha value is -10.4. The zero-order chi connectivity index (χ0) is 53.2. The van der Waals surface area contributed by atoms with E-state index in [4.69, 9.17) is 0 Å². The van der Waals surface area contributed by atoms with Gasteiger partial charge in [-0.25, -0.2) is 0 Å². The van der Waals surface area contributed by atoms with Crippen LogP contribution in [0, 0.1) is 0 Å². The van der Waals surface area contributed by atoms with Crippen molar-refractivity contribution in [1.29, 1.82) is 0 Å². The third-order valence-electron chi connectivity index (χ3n) is 15.4. The van der Waals surface area contributed by atoms with Gasteiger partial charge in [-0.2, -0.15) is 0 Å². The third-order valence-corrected chi connectivity index (χ3v) is 15.4. The summed E-state index contributed by atoms with van der Waals surface area (Å²) < 4.78 is 0. The average Bonchev–Trinajstić information content (AvgIpc) is 3.54. The van der Waals surface area contributed by atoms with Crippen LogP contribution in [-0.4, -0.2) is 7.28 Å². The number of rotatable bonds is 12. The monoisotopic (exact) mass is 1020 g/mol. The molecule has 1 N–H and O–H groups in total. The molecule has 0 fully saturated rings. The number of hydrogen-bond donors (Lipinski definition) is 1. The fraction of sp³-hybridized carbons (Fsp3) is 0. The highest BCUT2D eigenvalue weighted by Crippen LogP contribution is 2.47. The van der Waals surface area contributed by atoms with Crippen LogP contribution in [-0.2, 0) is 0 Å². The van der Waals surface area contributed by atoms with Crippen LogP contribution >= 0.6 is 0 Å². The van der Waals surface area contributed by atoms with Crippen LogP contribution < -0.4 is 26.0 Å². The summed E-state index contributed by atoms with van der Waals surface area (Å²) in [7, 11) is 2.42. The molecule has 4 heteroatoms. The molecular formula is C76H53BN3. The Bertz CT molecular complexity index is 4240. The Morgan fingerprint density at radius 1 is 0.312 bits per heavy atom. The van der Waals surface area contributed by atoms with Crippen LogP contribution in [0.2, 0.25) is 0 Å². The summed E-state index contributed by atoms with van der Waals surface area (Å²) in [5.74, 6) is 0. The second-order valence-corrected chi connectivity index (χ2v) is 20.4. The lowest BCUT2D eigenvalue weighted by Crippen LogP contribution is -2.41. The highest BCUT2D eigenvalue weighted by atomic mass is 15.2. The summed E-state index contributed by atoms with van der Waals surface area (Å²) in [5, 5.41) is 6.38. The average molecular weight is 1020 g/mol. The standard InChI is InChI=1S/C76H53BN3/c1-6-20-53(21-7-1)58-36-41-65(42-37-58)79(66-43-38-59(39-44-66)54-22-8-2-9-23-54)68-45-46-70(73(52-68)78-64-33-18-31-60(48-64)55-24-10-3-11-25-55)71-50-63-30-16-17-35-69(63)76-75(71)77-72-47-40-62(57-28-14-5-15-29-57)51-74(72)80(76)67-34-19-32-61(49-67)56-26-12-4-13-27-56/h1-52,78H. The molecule has 0 saturated carbocycles. The van der Waals surface area contributed by atoms with Gasteiger partial charge in [0.1, 0.15) is 0 Å². The Morgan fingerprint density at radius 3 is 1.34 bits per heavy atom. The van der Waals surface area contributed by atoms with Crippen LogP contribution in [0.25, 0.3) is 77.5 Å². The molecule has 0 unspecified atom stereocenters. The molecule has 0 atom stereocenters. The van der Waals surface area contributed by atoms with Crippen molar-refractivity contribution < 1.29 is 0 Å². The molecule has 0 saturated heterocycles. The van der Waals surface area contributed by atoms with Crippen molar-refractivity contribution >= 4 is 74.5 Å². The van der Waals surface area contributed by atoms with Gasteiger partial charge >= 0.3 is 0 Å². The summed E-state index contributed by atoms with van der Waals surface area (Å²) in [5.41, 5.74) is 24.6. The molecule has 0 amide bonds. The maximum absolute atomic E-state index is 4.05. The van der Waals surface area contributed by atoms with Crippen molar-refractivity contribution in [2.24, 2.45) is 0 Å². The molecule has 0 bridgehead atoms. The number of hydrogen-bond acceptors (Lipinski definition) is 3. The van der Waals surface area contributed by atoms with Crippen LogP contribution in [0.3, 0.4) is 0 Å². The van der Waals surface area contributed by atoms with Crippen LogP contribution in [0.4, 0.5) is 45.5 Å². The molecule has 0 aromatic heterocycles. The summed E-state index contributed by atoms with van der Waals surface area (Å²) in [6.07, 6.45) is 0. The summed E-state index contributed by atoms with van der Waals surface area (Å²) >= 11 is 0. The van der Waals surface area contributed by atoms with Crippen LogP contribution in [0.15, 0.2) is 315 Å². The van der Waals surface area contributed by atoms with E-state index in [9.17, 15) is 0 Å². The fourth-order valence-corrected chi connectivity index (χ4v) is 11.5. The fourth-order valence-electron chi connectivity index (χ4n) is 11.5. The zero-order valence-corrected chi connectivity index (χ0v) is 44.0. The smallest absolute Gasteiger partial charge is 0.197 e. The maximum atomic E-state index is 4.05. The SMILES string of the molecule is [B]1c2ccc(-c3ccccc3)cc2N(c2cccc(-c3ccccc3)c2)c2c1c(-c1ccc(N(c3ccc(-c4ccccc4)cc3)c3ccc(-c4ccccc4)cc3)cc1Nc1cccc(-c3ccccc3)c1)cc1ccccc21. The maximum Gasteiger partial charge on any atom is 0.197 e. The predicted octanol–water partition coefficient (Wildman–Crippen LogP) is 19.5. The Balaban J connectivity index is 0.983. The van der Waals surface area contributed by atoms with E-state index in [0.717, 1.165) is 89.6 Å². The zero-order valence-electron chi connectivity index (χ0n) is 44.0. The van der Waals surface area contributed by atoms with Crippen molar-refractivity contribution in [3.63, 3.8) is 0 Å². The number of nitrogens with one attached hydrogen (secondary N) is 1. The first-order valence-electron chi connectivity index (χ1n) is 27.4. The first-order valence-corrected chi connectivity index (χ1v) is 27.4. The highest BCUT2D eigenvalue weighted by molar-refractivity contribution is 6.74. The molecule has 3 nitrogen and oxygen atoms in total. The van der Waals surface area contributed by atoms with Crippen LogP contribution in [0.1, 0.15) is 0 Å². The van der Waals surface area contributed by atoms with E-state index in [2.05, 4.69) is 338 Å². The lowest BCUT2D eigenvalue weighted by Gasteiger charge is -2.36. The highest BCUT2D eigenvalue weighted by Gasteiger charge is 2.31. The first kappa shape index (κ1) is 48.0. The molecule has 13 aromatic rings. The van der Waals surface area contributed by atoms with E-state index in [-0.39, 0.29) is 0 Å². The predicted molar refractivity (Wildman–Crippen MR) is 341 cm³/mol. The molecular weight excluding hydrogens is 966 g/mol. The van der Waals surface area contributed by atoms with Crippen LogP contribution in [0.5, 0.6) is 0 Å². The number of nitrogens with zero attached hydrogens (tertiary/aromatic N) is 2. The Morgan fingerprint density at radius 2 is 0.762 bits per heavy atom. The quantitative estimate of drug-likeness (QED) is 0.123. The van der Waals surface area contributed by atoms with E-state index in [0.29, 0.717) is 0 Å². The lowest BCUT2D eigenvalue weighted by atomic mass is 9.57. The molecule has 1 heterocycles. The van der Waals surface area contributed by atoms with Crippen molar-refractivity contribution in [2.45, 2.75) is 0 Å². The minimum atomic E-state index is 0.980. The second kappa shape index (κ2) is 21.2. The molecule has 0 spiro atoms. The normalized spacial score (nSPS) is 11.6. The van der Waals surface area contributed by atoms with Gasteiger partial charge in [0.05, 0.1) is 0 Å². The van der Waals surface area contributed by atoms with Crippen molar-refractivity contribution in [2.75, 3.05) is 15.1 Å². The van der Waals surface area contributed by atoms with Crippen molar-refractivity contribution in [3.05, 3.63) is 315 Å². The van der Waals surface area contributed by atoms with E-state index in [1.54, 1.807) is 0 Å². The van der Waals surface area contributed by atoms with Gasteiger partial charge in [0.15, 0.2) is 7.28 Å². The summed E-state index contributed by atoms with van der Waals surface area (Å²) in [6.45, 7) is 0. The van der Waals surface area contributed by atoms with Gasteiger partial charge < -0.3 is 15.1 Å². The van der Waals surface area contributed by atoms with E-state index in [1.165, 1.54) is 44.3 Å². The van der Waals surface area contributed by atoms with E-state index in [1.807, 2.05) is 0 Å². The summed E-state index contributed by atoms with van der Waals surface area (Å²) in [6, 6.07) is 114. The minimum Gasteiger partial charge on any atom is -0.355 e. The lowest BCUT2D eigenvalue weighted by molar-refractivity contribution is 1.28. The molecule has 1 radical (unpaired) electrons. The molecule has 0 aliphatic carbocycles. The molecule has 13 aromatic carbocycles. The van der Waals surface area contributed by atoms with E-state index >= 15 is 0 Å². The topological polar surface area (TPSA) is 18.5 Å². The largest absolute Gasteiger partial charge is 0.355 e. The Kier molecular flexibility index (Phi) is 12.7. The van der Waals surface area contributed by atoms with Gasteiger partial charge in [-0.15, -0.1) is 0 Å². The third kappa shape index (κ3) is 9.40. The molecule has 1 aliphatic rings. The van der Waals surface area contributed by atoms with Gasteiger partial charge in [-0.3, -0.25) is 0 Å². The van der Waals surface area contributed by atoms with Gasteiger partial charge in [-0.05, 0) is 145 Å².